The molecule has 0 aliphatic rings. The number of benzene rings is 1. The van der Waals surface area contributed by atoms with E-state index in [2.05, 4.69) is 25.3 Å². The number of aromatic nitrogens is 4. The average Bonchev–Trinajstić information content (AvgIpc) is 2.68. The molecule has 7 heteroatoms. The summed E-state index contributed by atoms with van der Waals surface area (Å²) in [4.78, 5) is 28.2. The van der Waals surface area contributed by atoms with Crippen LogP contribution in [0.1, 0.15) is 0 Å². The second-order valence-electron chi connectivity index (χ2n) is 5.53. The molecule has 0 bridgehead atoms. The molecule has 1 aromatic carbocycles. The van der Waals surface area contributed by atoms with Crippen LogP contribution < -0.4 is 15.6 Å². The Morgan fingerprint density at radius 1 is 1.04 bits per heavy atom. The highest BCUT2D eigenvalue weighted by molar-refractivity contribution is 5.92. The Labute approximate surface area is 148 Å². The summed E-state index contributed by atoms with van der Waals surface area (Å²) in [7, 11) is 1.58. The highest BCUT2D eigenvalue weighted by Gasteiger charge is 2.12. The summed E-state index contributed by atoms with van der Waals surface area (Å²) in [6.45, 7) is 0. The van der Waals surface area contributed by atoms with Crippen molar-refractivity contribution in [2.24, 2.45) is 0 Å². The summed E-state index contributed by atoms with van der Waals surface area (Å²) in [6.07, 6.45) is 5.00. The van der Waals surface area contributed by atoms with Crippen molar-refractivity contribution in [1.82, 2.24) is 19.9 Å². The summed E-state index contributed by atoms with van der Waals surface area (Å²) >= 11 is 0. The van der Waals surface area contributed by atoms with Crippen LogP contribution in [0.4, 0.5) is 11.6 Å². The first kappa shape index (κ1) is 15.8. The SMILES string of the molecule is COc1ccccc1Nc1nc2nccc(-c3ccncc3)c2c(=O)[nH]1. The van der Waals surface area contributed by atoms with E-state index in [9.17, 15) is 4.79 Å². The molecule has 26 heavy (non-hydrogen) atoms. The molecule has 0 atom stereocenters. The van der Waals surface area contributed by atoms with Crippen LogP contribution >= 0.6 is 0 Å². The minimum absolute atomic E-state index is 0.271. The number of aromatic amines is 1. The molecule has 0 saturated heterocycles. The monoisotopic (exact) mass is 345 g/mol. The van der Waals surface area contributed by atoms with Gasteiger partial charge in [0.2, 0.25) is 5.95 Å². The van der Waals surface area contributed by atoms with Crippen LogP contribution in [0.25, 0.3) is 22.2 Å². The number of hydrogen-bond acceptors (Lipinski definition) is 6. The molecule has 0 amide bonds. The van der Waals surface area contributed by atoms with Gasteiger partial charge in [0.1, 0.15) is 5.75 Å². The zero-order valence-electron chi connectivity index (χ0n) is 13.9. The molecule has 3 aromatic heterocycles. The van der Waals surface area contributed by atoms with Crippen LogP contribution in [0.2, 0.25) is 0 Å². The van der Waals surface area contributed by atoms with Gasteiger partial charge in [0.05, 0.1) is 18.2 Å². The summed E-state index contributed by atoms with van der Waals surface area (Å²) in [5.74, 6) is 0.945. The highest BCUT2D eigenvalue weighted by atomic mass is 16.5. The van der Waals surface area contributed by atoms with E-state index in [0.717, 1.165) is 11.1 Å². The van der Waals surface area contributed by atoms with Crippen molar-refractivity contribution in [2.45, 2.75) is 0 Å². The first-order chi connectivity index (χ1) is 12.8. The van der Waals surface area contributed by atoms with Crippen molar-refractivity contribution in [2.75, 3.05) is 12.4 Å². The fourth-order valence-corrected chi connectivity index (χ4v) is 2.77. The minimum Gasteiger partial charge on any atom is -0.495 e. The maximum absolute atomic E-state index is 12.7. The lowest BCUT2D eigenvalue weighted by Crippen LogP contribution is -2.13. The Morgan fingerprint density at radius 3 is 2.65 bits per heavy atom. The zero-order chi connectivity index (χ0) is 17.9. The number of nitrogens with one attached hydrogen (secondary N) is 2. The Hall–Kier alpha value is -3.74. The molecule has 7 nitrogen and oxygen atoms in total. The summed E-state index contributed by atoms with van der Waals surface area (Å²) in [5, 5.41) is 3.51. The van der Waals surface area contributed by atoms with E-state index in [0.29, 0.717) is 28.4 Å². The number of pyridine rings is 2. The van der Waals surface area contributed by atoms with Gasteiger partial charge in [-0.3, -0.25) is 14.8 Å². The number of hydrogen-bond donors (Lipinski definition) is 2. The molecule has 0 radical (unpaired) electrons. The molecule has 0 aliphatic carbocycles. The number of anilines is 2. The molecule has 4 rings (SSSR count). The fraction of sp³-hybridized carbons (Fsp3) is 0.0526. The van der Waals surface area contributed by atoms with Crippen molar-refractivity contribution in [1.29, 1.82) is 0 Å². The molecule has 0 aliphatic heterocycles. The molecule has 0 unspecified atom stereocenters. The Kier molecular flexibility index (Phi) is 4.03. The molecule has 4 aromatic rings. The number of rotatable bonds is 4. The van der Waals surface area contributed by atoms with Crippen molar-refractivity contribution in [3.8, 4) is 16.9 Å². The third-order valence-electron chi connectivity index (χ3n) is 3.96. The lowest BCUT2D eigenvalue weighted by molar-refractivity contribution is 0.417. The van der Waals surface area contributed by atoms with E-state index >= 15 is 0 Å². The fourth-order valence-electron chi connectivity index (χ4n) is 2.77. The molecule has 2 N–H and O–H groups in total. The van der Waals surface area contributed by atoms with E-state index in [1.54, 1.807) is 31.8 Å². The maximum Gasteiger partial charge on any atom is 0.262 e. The van der Waals surface area contributed by atoms with Crippen molar-refractivity contribution in [3.63, 3.8) is 0 Å². The molecule has 0 spiro atoms. The quantitative estimate of drug-likeness (QED) is 0.590. The standard InChI is InChI=1S/C19H15N5O2/c1-26-15-5-3-2-4-14(15)22-19-23-17-16(18(25)24-19)13(8-11-21-17)12-6-9-20-10-7-12/h2-11H,1H3,(H2,21,22,23,24,25). The highest BCUT2D eigenvalue weighted by Crippen LogP contribution is 2.27. The Balaban J connectivity index is 1.82. The van der Waals surface area contributed by atoms with Gasteiger partial charge in [0.25, 0.3) is 5.56 Å². The lowest BCUT2D eigenvalue weighted by atomic mass is 10.1. The third kappa shape index (κ3) is 2.86. The van der Waals surface area contributed by atoms with Crippen LogP contribution in [-0.2, 0) is 0 Å². The lowest BCUT2D eigenvalue weighted by Gasteiger charge is -2.11. The minimum atomic E-state index is -0.271. The molecule has 128 valence electrons. The first-order valence-corrected chi connectivity index (χ1v) is 7.96. The van der Waals surface area contributed by atoms with Crippen LogP contribution in [0.15, 0.2) is 65.8 Å². The van der Waals surface area contributed by atoms with Crippen molar-refractivity contribution >= 4 is 22.7 Å². The van der Waals surface area contributed by atoms with Crippen molar-refractivity contribution in [3.05, 3.63) is 71.4 Å². The Morgan fingerprint density at radius 2 is 1.85 bits per heavy atom. The van der Waals surface area contributed by atoms with Gasteiger partial charge >= 0.3 is 0 Å². The second kappa shape index (κ2) is 6.64. The number of para-hydroxylation sites is 2. The van der Waals surface area contributed by atoms with Gasteiger partial charge in [-0.1, -0.05) is 12.1 Å². The number of fused-ring (bicyclic) bond motifs is 1. The first-order valence-electron chi connectivity index (χ1n) is 7.96. The number of nitrogens with zero attached hydrogens (tertiary/aromatic N) is 3. The smallest absolute Gasteiger partial charge is 0.262 e. The average molecular weight is 345 g/mol. The summed E-state index contributed by atoms with van der Waals surface area (Å²) < 4.78 is 5.31. The van der Waals surface area contributed by atoms with Crippen LogP contribution in [0, 0.1) is 0 Å². The molecular weight excluding hydrogens is 330 g/mol. The maximum atomic E-state index is 12.7. The van der Waals surface area contributed by atoms with E-state index < -0.39 is 0 Å². The number of methoxy groups -OCH3 is 1. The largest absolute Gasteiger partial charge is 0.495 e. The summed E-state index contributed by atoms with van der Waals surface area (Å²) in [5.41, 5.74) is 2.43. The van der Waals surface area contributed by atoms with Gasteiger partial charge in [-0.2, -0.15) is 4.98 Å². The van der Waals surface area contributed by atoms with E-state index in [1.807, 2.05) is 36.4 Å². The second-order valence-corrected chi connectivity index (χ2v) is 5.53. The molecule has 0 saturated carbocycles. The Bertz CT molecular complexity index is 1130. The number of ether oxygens (including phenoxy) is 1. The van der Waals surface area contributed by atoms with E-state index in [4.69, 9.17) is 4.74 Å². The van der Waals surface area contributed by atoms with Gasteiger partial charge in [-0.25, -0.2) is 4.98 Å². The third-order valence-corrected chi connectivity index (χ3v) is 3.96. The predicted molar refractivity (Wildman–Crippen MR) is 99.7 cm³/mol. The van der Waals surface area contributed by atoms with Gasteiger partial charge in [-0.15, -0.1) is 0 Å². The van der Waals surface area contributed by atoms with Gasteiger partial charge < -0.3 is 10.1 Å². The molecule has 3 heterocycles. The van der Waals surface area contributed by atoms with Gasteiger partial charge in [-0.05, 0) is 41.5 Å². The van der Waals surface area contributed by atoms with Gasteiger partial charge in [0, 0.05) is 18.6 Å². The topological polar surface area (TPSA) is 92.8 Å². The summed E-state index contributed by atoms with van der Waals surface area (Å²) in [6, 6.07) is 12.9. The van der Waals surface area contributed by atoms with Crippen LogP contribution in [0.5, 0.6) is 5.75 Å². The predicted octanol–water partition coefficient (Wildman–Crippen LogP) is 3.13. The number of H-pyrrole nitrogens is 1. The van der Waals surface area contributed by atoms with E-state index in [1.165, 1.54) is 0 Å². The zero-order valence-corrected chi connectivity index (χ0v) is 13.9. The van der Waals surface area contributed by atoms with Crippen LogP contribution in [-0.4, -0.2) is 27.0 Å². The molecular formula is C19H15N5O2. The molecule has 0 fully saturated rings. The van der Waals surface area contributed by atoms with Gasteiger partial charge in [0.15, 0.2) is 5.65 Å². The van der Waals surface area contributed by atoms with Crippen molar-refractivity contribution < 1.29 is 4.74 Å². The van der Waals surface area contributed by atoms with E-state index in [-0.39, 0.29) is 5.56 Å². The van der Waals surface area contributed by atoms with Crippen LogP contribution in [0.3, 0.4) is 0 Å². The normalized spacial score (nSPS) is 10.7.